The number of carbonyl (C=O) groups is 1. The van der Waals surface area contributed by atoms with Gasteiger partial charge < -0.3 is 4.90 Å². The lowest BCUT2D eigenvalue weighted by atomic mass is 10.1. The summed E-state index contributed by atoms with van der Waals surface area (Å²) in [7, 11) is 0. The van der Waals surface area contributed by atoms with Gasteiger partial charge >= 0.3 is 0 Å². The van der Waals surface area contributed by atoms with Crippen LogP contribution in [0.15, 0.2) is 0 Å². The maximum absolute atomic E-state index is 11.3. The second kappa shape index (κ2) is 5.14. The Hall–Kier alpha value is -0.570. The number of nitrogens with one attached hydrogen (secondary N) is 1. The van der Waals surface area contributed by atoms with Crippen LogP contribution >= 0.6 is 0 Å². The third kappa shape index (κ3) is 3.22. The standard InChI is InChI=1S/C8H16N2O.CH4/c1-7(2)5-8(11)10-4-3-9-6-10;/h7,9H,3-6H2,1-2H3;1H4. The van der Waals surface area contributed by atoms with E-state index < -0.39 is 0 Å². The minimum Gasteiger partial charge on any atom is -0.329 e. The van der Waals surface area contributed by atoms with Gasteiger partial charge in [0.05, 0.1) is 6.67 Å². The molecule has 1 fully saturated rings. The van der Waals surface area contributed by atoms with Gasteiger partial charge in [-0.15, -0.1) is 0 Å². The minimum absolute atomic E-state index is 0. The van der Waals surface area contributed by atoms with E-state index in [-0.39, 0.29) is 13.3 Å². The van der Waals surface area contributed by atoms with Crippen molar-refractivity contribution in [2.45, 2.75) is 27.7 Å². The molecular formula is C9H20N2O. The van der Waals surface area contributed by atoms with Gasteiger partial charge in [-0.25, -0.2) is 0 Å². The SMILES string of the molecule is C.CC(C)CC(=O)N1CCNC1. The van der Waals surface area contributed by atoms with Gasteiger partial charge in [0.1, 0.15) is 0 Å². The molecule has 0 atom stereocenters. The highest BCUT2D eigenvalue weighted by Crippen LogP contribution is 2.04. The molecule has 1 aliphatic heterocycles. The Morgan fingerprint density at radius 3 is 2.67 bits per heavy atom. The number of rotatable bonds is 2. The van der Waals surface area contributed by atoms with Crippen molar-refractivity contribution in [2.75, 3.05) is 19.8 Å². The molecule has 0 unspecified atom stereocenters. The van der Waals surface area contributed by atoms with Crippen LogP contribution in [0.25, 0.3) is 0 Å². The molecule has 1 saturated heterocycles. The predicted octanol–water partition coefficient (Wildman–Crippen LogP) is 1.06. The summed E-state index contributed by atoms with van der Waals surface area (Å²) in [5.74, 6) is 0.758. The van der Waals surface area contributed by atoms with E-state index >= 15 is 0 Å². The number of carbonyl (C=O) groups excluding carboxylic acids is 1. The van der Waals surface area contributed by atoms with Crippen molar-refractivity contribution < 1.29 is 4.79 Å². The van der Waals surface area contributed by atoms with Crippen LogP contribution in [0.4, 0.5) is 0 Å². The first kappa shape index (κ1) is 11.4. The number of hydrogen-bond donors (Lipinski definition) is 1. The molecule has 0 spiro atoms. The lowest BCUT2D eigenvalue weighted by Crippen LogP contribution is -2.30. The van der Waals surface area contributed by atoms with E-state index in [4.69, 9.17) is 0 Å². The molecule has 0 aromatic heterocycles. The van der Waals surface area contributed by atoms with Crippen molar-refractivity contribution >= 4 is 5.91 Å². The Bertz CT molecular complexity index is 139. The number of amides is 1. The van der Waals surface area contributed by atoms with Crippen LogP contribution in [-0.4, -0.2) is 30.6 Å². The van der Waals surface area contributed by atoms with Gasteiger partial charge in [-0.3, -0.25) is 10.1 Å². The summed E-state index contributed by atoms with van der Waals surface area (Å²) in [4.78, 5) is 13.2. The second-order valence-electron chi connectivity index (χ2n) is 3.41. The van der Waals surface area contributed by atoms with Gasteiger partial charge in [-0.05, 0) is 5.92 Å². The fourth-order valence-electron chi connectivity index (χ4n) is 1.20. The topological polar surface area (TPSA) is 32.3 Å². The van der Waals surface area contributed by atoms with Crippen LogP contribution in [0, 0.1) is 5.92 Å². The summed E-state index contributed by atoms with van der Waals surface area (Å²) < 4.78 is 0. The van der Waals surface area contributed by atoms with Crippen molar-refractivity contribution in [3.63, 3.8) is 0 Å². The zero-order valence-electron chi connectivity index (χ0n) is 7.26. The van der Waals surface area contributed by atoms with Gasteiger partial charge in [0.2, 0.25) is 5.91 Å². The number of nitrogens with zero attached hydrogens (tertiary/aromatic N) is 1. The van der Waals surface area contributed by atoms with Crippen molar-refractivity contribution in [1.29, 1.82) is 0 Å². The molecule has 1 aliphatic rings. The Morgan fingerprint density at radius 2 is 2.25 bits per heavy atom. The van der Waals surface area contributed by atoms with Crippen molar-refractivity contribution in [2.24, 2.45) is 5.92 Å². The van der Waals surface area contributed by atoms with Crippen LogP contribution in [0.3, 0.4) is 0 Å². The quantitative estimate of drug-likeness (QED) is 0.675. The largest absolute Gasteiger partial charge is 0.329 e. The highest BCUT2D eigenvalue weighted by atomic mass is 16.2. The minimum atomic E-state index is 0. The molecule has 0 saturated carbocycles. The summed E-state index contributed by atoms with van der Waals surface area (Å²) >= 11 is 0. The van der Waals surface area contributed by atoms with Gasteiger partial charge in [0.15, 0.2) is 0 Å². The average molecular weight is 172 g/mol. The van der Waals surface area contributed by atoms with Crippen LogP contribution in [-0.2, 0) is 4.79 Å². The Labute approximate surface area is 75.1 Å². The molecule has 1 heterocycles. The van der Waals surface area contributed by atoms with E-state index in [1.807, 2.05) is 4.90 Å². The van der Waals surface area contributed by atoms with Gasteiger partial charge in [0.25, 0.3) is 0 Å². The van der Waals surface area contributed by atoms with E-state index in [9.17, 15) is 4.79 Å². The first-order valence-electron chi connectivity index (χ1n) is 4.18. The molecule has 0 bridgehead atoms. The molecule has 0 aromatic carbocycles. The third-order valence-corrected chi connectivity index (χ3v) is 1.80. The summed E-state index contributed by atoms with van der Waals surface area (Å²) in [6.07, 6.45) is 0.682. The third-order valence-electron chi connectivity index (χ3n) is 1.80. The van der Waals surface area contributed by atoms with E-state index in [1.165, 1.54) is 0 Å². The van der Waals surface area contributed by atoms with Crippen LogP contribution in [0.5, 0.6) is 0 Å². The zero-order chi connectivity index (χ0) is 8.27. The van der Waals surface area contributed by atoms with Crippen molar-refractivity contribution in [3.8, 4) is 0 Å². The maximum Gasteiger partial charge on any atom is 0.223 e. The average Bonchev–Trinajstić information content (AvgIpc) is 2.35. The first-order valence-corrected chi connectivity index (χ1v) is 4.18. The van der Waals surface area contributed by atoms with Crippen LogP contribution in [0.2, 0.25) is 0 Å². The molecular weight excluding hydrogens is 152 g/mol. The Balaban J connectivity index is 0.00000121. The monoisotopic (exact) mass is 172 g/mol. The summed E-state index contributed by atoms with van der Waals surface area (Å²) in [6, 6.07) is 0. The molecule has 72 valence electrons. The summed E-state index contributed by atoms with van der Waals surface area (Å²) in [5.41, 5.74) is 0. The molecule has 1 amide bonds. The molecule has 0 aromatic rings. The van der Waals surface area contributed by atoms with E-state index in [2.05, 4.69) is 19.2 Å². The van der Waals surface area contributed by atoms with Gasteiger partial charge in [0, 0.05) is 19.5 Å². The lowest BCUT2D eigenvalue weighted by Gasteiger charge is -2.15. The van der Waals surface area contributed by atoms with Crippen molar-refractivity contribution in [1.82, 2.24) is 10.2 Å². The van der Waals surface area contributed by atoms with Crippen LogP contribution in [0.1, 0.15) is 27.7 Å². The molecule has 12 heavy (non-hydrogen) atoms. The van der Waals surface area contributed by atoms with Crippen molar-refractivity contribution in [3.05, 3.63) is 0 Å². The predicted molar refractivity (Wildman–Crippen MR) is 50.8 cm³/mol. The highest BCUT2D eigenvalue weighted by molar-refractivity contribution is 5.76. The fourth-order valence-corrected chi connectivity index (χ4v) is 1.20. The second-order valence-corrected chi connectivity index (χ2v) is 3.41. The van der Waals surface area contributed by atoms with E-state index in [1.54, 1.807) is 0 Å². The molecule has 3 heteroatoms. The van der Waals surface area contributed by atoms with Gasteiger partial charge in [-0.2, -0.15) is 0 Å². The van der Waals surface area contributed by atoms with Gasteiger partial charge in [-0.1, -0.05) is 21.3 Å². The molecule has 0 radical (unpaired) electrons. The summed E-state index contributed by atoms with van der Waals surface area (Å²) in [5, 5.41) is 3.13. The molecule has 1 rings (SSSR count). The smallest absolute Gasteiger partial charge is 0.223 e. The normalized spacial score (nSPS) is 16.4. The first-order chi connectivity index (χ1) is 5.20. The Kier molecular flexibility index (Phi) is 4.90. The lowest BCUT2D eigenvalue weighted by molar-refractivity contribution is -0.130. The summed E-state index contributed by atoms with van der Waals surface area (Å²) in [6.45, 7) is 6.71. The van der Waals surface area contributed by atoms with E-state index in [0.29, 0.717) is 12.3 Å². The zero-order valence-corrected chi connectivity index (χ0v) is 7.26. The molecule has 0 aliphatic carbocycles. The number of hydrogen-bond acceptors (Lipinski definition) is 2. The maximum atomic E-state index is 11.3. The van der Waals surface area contributed by atoms with Crippen LogP contribution < -0.4 is 5.32 Å². The highest BCUT2D eigenvalue weighted by Gasteiger charge is 2.17. The Morgan fingerprint density at radius 1 is 1.58 bits per heavy atom. The van der Waals surface area contributed by atoms with E-state index in [0.717, 1.165) is 19.8 Å². The molecule has 1 N–H and O–H groups in total. The molecule has 3 nitrogen and oxygen atoms in total. The fraction of sp³-hybridized carbons (Fsp3) is 0.889.